The number of aryl methyl sites for hydroxylation is 1. The average molecular weight is 539 g/mol. The number of anilines is 1. The quantitative estimate of drug-likeness (QED) is 0.206. The van der Waals surface area contributed by atoms with E-state index in [1.165, 1.54) is 25.1 Å². The summed E-state index contributed by atoms with van der Waals surface area (Å²) in [6, 6.07) is 6.69. The molecule has 2 aromatic carbocycles. The molecule has 0 radical (unpaired) electrons. The Bertz CT molecular complexity index is 1760. The van der Waals surface area contributed by atoms with Gasteiger partial charge in [-0.25, -0.2) is 14.5 Å². The van der Waals surface area contributed by atoms with Gasteiger partial charge >= 0.3 is 5.97 Å². The molecule has 182 valence electrons. The second-order valence-electron chi connectivity index (χ2n) is 6.99. The molecule has 2 aromatic heterocycles. The molecule has 4 aromatic rings. The van der Waals surface area contributed by atoms with Gasteiger partial charge in [0.1, 0.15) is 4.90 Å². The first-order valence-corrected chi connectivity index (χ1v) is 13.0. The normalized spacial score (nSPS) is 12.5. The van der Waals surface area contributed by atoms with Crippen molar-refractivity contribution in [1.29, 1.82) is 0 Å². The lowest BCUT2D eigenvalue weighted by molar-refractivity contribution is 0.0697. The molecule has 0 amide bonds. The van der Waals surface area contributed by atoms with E-state index in [0.29, 0.717) is 10.2 Å². The van der Waals surface area contributed by atoms with Gasteiger partial charge in [-0.15, -0.1) is 10.2 Å². The molecule has 0 fully saturated rings. The monoisotopic (exact) mass is 538 g/mol. The highest BCUT2D eigenvalue weighted by molar-refractivity contribution is 7.86. The number of carboxylic acid groups (broad SMARTS) is 1. The summed E-state index contributed by atoms with van der Waals surface area (Å²) in [5.41, 5.74) is 6.35. The number of aromatic nitrogens is 3. The molecule has 0 aliphatic heterocycles. The van der Waals surface area contributed by atoms with E-state index in [0.717, 1.165) is 34.2 Å². The fraction of sp³-hybridized carbons (Fsp3) is 0.0556. The van der Waals surface area contributed by atoms with Crippen LogP contribution < -0.4 is 5.73 Å². The van der Waals surface area contributed by atoms with Crippen molar-refractivity contribution in [2.45, 2.75) is 16.7 Å². The molecule has 35 heavy (non-hydrogen) atoms. The number of nitrogens with two attached hydrogens (primary N) is 1. The van der Waals surface area contributed by atoms with Crippen LogP contribution in [0.1, 0.15) is 16.1 Å². The van der Waals surface area contributed by atoms with Gasteiger partial charge in [-0.2, -0.15) is 21.9 Å². The van der Waals surface area contributed by atoms with E-state index in [9.17, 15) is 30.7 Å². The van der Waals surface area contributed by atoms with E-state index in [1.807, 2.05) is 0 Å². The second-order valence-corrected chi connectivity index (χ2v) is 10.8. The highest BCUT2D eigenvalue weighted by Gasteiger charge is 2.24. The van der Waals surface area contributed by atoms with Gasteiger partial charge in [0.05, 0.1) is 32.1 Å². The molecule has 0 atom stereocenters. The molecule has 2 heterocycles. The van der Waals surface area contributed by atoms with Gasteiger partial charge in [0, 0.05) is 0 Å². The van der Waals surface area contributed by atoms with E-state index in [2.05, 4.69) is 20.3 Å². The molecule has 14 nitrogen and oxygen atoms in total. The Morgan fingerprint density at radius 2 is 1.77 bits per heavy atom. The molecule has 0 saturated heterocycles. The predicted molar refractivity (Wildman–Crippen MR) is 123 cm³/mol. The van der Waals surface area contributed by atoms with Gasteiger partial charge in [0.2, 0.25) is 5.13 Å². The van der Waals surface area contributed by atoms with Crippen molar-refractivity contribution in [3.63, 3.8) is 0 Å². The SMILES string of the molecule is Cc1nn(-c2cc(S(=O)(=O)O)ccc2S(=O)(=O)O)c(N)c1N=Nc1nc2ccc(C(=O)O)cc2s1. The largest absolute Gasteiger partial charge is 0.478 e. The molecule has 0 aliphatic carbocycles. The summed E-state index contributed by atoms with van der Waals surface area (Å²) in [6.07, 6.45) is 0. The minimum absolute atomic E-state index is 0.00553. The van der Waals surface area contributed by atoms with Crippen LogP contribution in [0.5, 0.6) is 0 Å². The number of hydrogen-bond acceptors (Lipinski definition) is 11. The van der Waals surface area contributed by atoms with E-state index in [-0.39, 0.29) is 27.9 Å². The number of fused-ring (bicyclic) bond motifs is 1. The number of rotatable bonds is 6. The molecule has 0 unspecified atom stereocenters. The third kappa shape index (κ3) is 4.75. The number of hydrogen-bond donors (Lipinski definition) is 4. The number of carboxylic acids is 1. The summed E-state index contributed by atoms with van der Waals surface area (Å²) in [6.45, 7) is 1.47. The zero-order valence-electron chi connectivity index (χ0n) is 17.4. The third-order valence-electron chi connectivity index (χ3n) is 4.66. The van der Waals surface area contributed by atoms with Gasteiger partial charge in [-0.3, -0.25) is 9.11 Å². The molecule has 0 aliphatic rings. The van der Waals surface area contributed by atoms with Crippen molar-refractivity contribution in [2.24, 2.45) is 10.2 Å². The zero-order chi connectivity index (χ0) is 25.7. The van der Waals surface area contributed by atoms with Gasteiger partial charge in [-0.1, -0.05) is 11.3 Å². The Morgan fingerprint density at radius 3 is 2.40 bits per heavy atom. The van der Waals surface area contributed by atoms with Crippen molar-refractivity contribution in [3.05, 3.63) is 47.7 Å². The summed E-state index contributed by atoms with van der Waals surface area (Å²) in [5, 5.41) is 21.3. The third-order valence-corrected chi connectivity index (χ3v) is 7.31. The zero-order valence-corrected chi connectivity index (χ0v) is 19.8. The molecular weight excluding hydrogens is 524 g/mol. The van der Waals surface area contributed by atoms with Crippen molar-refractivity contribution < 1.29 is 35.8 Å². The molecule has 17 heteroatoms. The van der Waals surface area contributed by atoms with Crippen LogP contribution >= 0.6 is 11.3 Å². The lowest BCUT2D eigenvalue weighted by Gasteiger charge is -2.10. The van der Waals surface area contributed by atoms with Gasteiger partial charge in [0.25, 0.3) is 20.2 Å². The first-order chi connectivity index (χ1) is 16.3. The van der Waals surface area contributed by atoms with Crippen LogP contribution in [0.15, 0.2) is 56.4 Å². The maximum Gasteiger partial charge on any atom is 0.335 e. The number of aromatic carboxylic acids is 1. The summed E-state index contributed by atoms with van der Waals surface area (Å²) < 4.78 is 67.0. The minimum atomic E-state index is -4.84. The summed E-state index contributed by atoms with van der Waals surface area (Å²) in [7, 11) is -9.56. The van der Waals surface area contributed by atoms with E-state index < -0.39 is 41.7 Å². The van der Waals surface area contributed by atoms with Gasteiger partial charge < -0.3 is 10.8 Å². The average Bonchev–Trinajstić information content (AvgIpc) is 3.29. The maximum absolute atomic E-state index is 11.8. The summed E-state index contributed by atoms with van der Waals surface area (Å²) in [4.78, 5) is 14.0. The van der Waals surface area contributed by atoms with Crippen LogP contribution in [0.2, 0.25) is 0 Å². The predicted octanol–water partition coefficient (Wildman–Crippen LogP) is 2.98. The highest BCUT2D eigenvalue weighted by atomic mass is 32.2. The first kappa shape index (κ1) is 24.4. The van der Waals surface area contributed by atoms with Crippen LogP contribution in [0.25, 0.3) is 15.9 Å². The molecule has 0 bridgehead atoms. The van der Waals surface area contributed by atoms with Crippen LogP contribution in [0, 0.1) is 6.92 Å². The lowest BCUT2D eigenvalue weighted by atomic mass is 10.2. The van der Waals surface area contributed by atoms with Crippen LogP contribution in [-0.2, 0) is 20.2 Å². The Hall–Kier alpha value is -3.77. The number of nitrogen functional groups attached to an aromatic ring is 1. The second kappa shape index (κ2) is 8.47. The number of nitrogens with zero attached hydrogens (tertiary/aromatic N) is 5. The maximum atomic E-state index is 11.8. The van der Waals surface area contributed by atoms with Gasteiger partial charge in [-0.05, 0) is 43.3 Å². The van der Waals surface area contributed by atoms with E-state index >= 15 is 0 Å². The summed E-state index contributed by atoms with van der Waals surface area (Å²) >= 11 is 1.06. The fourth-order valence-electron chi connectivity index (χ4n) is 3.07. The highest BCUT2D eigenvalue weighted by Crippen LogP contribution is 2.35. The van der Waals surface area contributed by atoms with E-state index in [4.69, 9.17) is 10.8 Å². The smallest absolute Gasteiger partial charge is 0.335 e. The number of benzene rings is 2. The first-order valence-electron chi connectivity index (χ1n) is 9.26. The number of carbonyl (C=O) groups is 1. The van der Waals surface area contributed by atoms with Gasteiger partial charge in [0.15, 0.2) is 11.5 Å². The molecule has 0 spiro atoms. The molecule has 4 rings (SSSR count). The van der Waals surface area contributed by atoms with Crippen molar-refractivity contribution in [2.75, 3.05) is 5.73 Å². The van der Waals surface area contributed by atoms with E-state index in [1.54, 1.807) is 0 Å². The lowest BCUT2D eigenvalue weighted by Crippen LogP contribution is -2.11. The van der Waals surface area contributed by atoms with Crippen molar-refractivity contribution in [3.8, 4) is 5.69 Å². The Kier molecular flexibility index (Phi) is 5.89. The Labute approximate surface area is 200 Å². The Balaban J connectivity index is 1.80. The number of azo groups is 1. The fourth-order valence-corrected chi connectivity index (χ4v) is 5.04. The summed E-state index contributed by atoms with van der Waals surface area (Å²) in [5.74, 6) is -1.35. The molecule has 5 N–H and O–H groups in total. The van der Waals surface area contributed by atoms with Crippen molar-refractivity contribution >= 4 is 64.4 Å². The molecule has 0 saturated carbocycles. The van der Waals surface area contributed by atoms with Crippen molar-refractivity contribution in [1.82, 2.24) is 14.8 Å². The van der Waals surface area contributed by atoms with Crippen LogP contribution in [0.3, 0.4) is 0 Å². The minimum Gasteiger partial charge on any atom is -0.478 e. The Morgan fingerprint density at radius 1 is 1.06 bits per heavy atom. The van der Waals surface area contributed by atoms with Crippen LogP contribution in [0.4, 0.5) is 16.6 Å². The topological polar surface area (TPSA) is 227 Å². The molecular formula is C18H14N6O8S3. The van der Waals surface area contributed by atoms with Crippen LogP contribution in [-0.4, -0.2) is 51.8 Å². The number of thiazole rings is 1. The standard InChI is InChI=1S/C18H14N6O8S3/c1-8-15(21-22-18-20-11-4-2-9(17(25)26)6-13(11)33-18)16(19)24(23-8)12-7-10(34(27,28)29)3-5-14(12)35(30,31)32/h2-7H,19H2,1H3,(H,25,26)(H,27,28,29)(H,30,31,32).